The third-order valence-electron chi connectivity index (χ3n) is 2.43. The van der Waals surface area contributed by atoms with Crippen LogP contribution in [0.5, 0.6) is 0 Å². The lowest BCUT2D eigenvalue weighted by Gasteiger charge is -2.28. The van der Waals surface area contributed by atoms with Gasteiger partial charge >= 0.3 is 12.0 Å². The Morgan fingerprint density at radius 2 is 1.88 bits per heavy atom. The van der Waals surface area contributed by atoms with Gasteiger partial charge in [0.1, 0.15) is 0 Å². The predicted octanol–water partition coefficient (Wildman–Crippen LogP) is 0.463. The normalized spacial score (nSPS) is 12.0. The van der Waals surface area contributed by atoms with Gasteiger partial charge in [-0.2, -0.15) is 0 Å². The molecule has 0 spiro atoms. The summed E-state index contributed by atoms with van der Waals surface area (Å²) in [5.41, 5.74) is 0. The van der Waals surface area contributed by atoms with Gasteiger partial charge in [0.15, 0.2) is 0 Å². The first-order valence-electron chi connectivity index (χ1n) is 5.77. The number of carboxylic acids is 1. The van der Waals surface area contributed by atoms with Crippen LogP contribution in [-0.2, 0) is 4.79 Å². The largest absolute Gasteiger partial charge is 0.481 e. The van der Waals surface area contributed by atoms with Gasteiger partial charge in [0.05, 0.1) is 12.5 Å². The van der Waals surface area contributed by atoms with Crippen LogP contribution in [0, 0.1) is 5.92 Å². The Morgan fingerprint density at radius 3 is 2.29 bits per heavy atom. The van der Waals surface area contributed by atoms with Gasteiger partial charge in [-0.05, 0) is 6.42 Å². The van der Waals surface area contributed by atoms with E-state index < -0.39 is 11.9 Å². The zero-order valence-corrected chi connectivity index (χ0v) is 10.7. The van der Waals surface area contributed by atoms with Crippen molar-refractivity contribution in [2.75, 3.05) is 33.3 Å². The molecule has 2 amide bonds. The molecule has 0 bridgehead atoms. The Balaban J connectivity index is 4.38. The minimum absolute atomic E-state index is 0.0892. The molecule has 2 N–H and O–H groups in total. The number of carbonyl (C=O) groups is 2. The Labute approximate surface area is 102 Å². The number of hydrogen-bond donors (Lipinski definition) is 2. The number of nitrogens with zero attached hydrogens (tertiary/aromatic N) is 2. The fraction of sp³-hybridized carbons (Fsp3) is 0.818. The molecule has 0 radical (unpaired) electrons. The van der Waals surface area contributed by atoms with Crippen molar-refractivity contribution in [2.24, 2.45) is 5.92 Å². The zero-order chi connectivity index (χ0) is 13.4. The van der Waals surface area contributed by atoms with Crippen LogP contribution < -0.4 is 0 Å². The standard InChI is InChI=1S/C11H22N2O4/c1-4-5-13(6-7-14)11(17)12(3)8-9(2)10(15)16/h9,14H,4-8H2,1-3H3,(H,15,16). The highest BCUT2D eigenvalue weighted by molar-refractivity contribution is 5.75. The van der Waals surface area contributed by atoms with Crippen LogP contribution in [0.1, 0.15) is 20.3 Å². The summed E-state index contributed by atoms with van der Waals surface area (Å²) in [5, 5.41) is 17.6. The molecule has 0 aromatic rings. The molecule has 0 aromatic carbocycles. The van der Waals surface area contributed by atoms with Gasteiger partial charge in [-0.3, -0.25) is 4.79 Å². The highest BCUT2D eigenvalue weighted by Gasteiger charge is 2.21. The van der Waals surface area contributed by atoms with Crippen molar-refractivity contribution in [3.8, 4) is 0 Å². The van der Waals surface area contributed by atoms with Crippen LogP contribution in [0.25, 0.3) is 0 Å². The fourth-order valence-corrected chi connectivity index (χ4v) is 1.50. The van der Waals surface area contributed by atoms with Crippen LogP contribution in [0.3, 0.4) is 0 Å². The van der Waals surface area contributed by atoms with Crippen LogP contribution >= 0.6 is 0 Å². The van der Waals surface area contributed by atoms with E-state index in [1.165, 1.54) is 9.80 Å². The maximum absolute atomic E-state index is 11.9. The summed E-state index contributed by atoms with van der Waals surface area (Å²) >= 11 is 0. The zero-order valence-electron chi connectivity index (χ0n) is 10.7. The molecule has 0 saturated heterocycles. The van der Waals surface area contributed by atoms with Gasteiger partial charge in [-0.25, -0.2) is 4.79 Å². The monoisotopic (exact) mass is 246 g/mol. The number of amides is 2. The molecule has 100 valence electrons. The summed E-state index contributed by atoms with van der Waals surface area (Å²) in [6, 6.07) is -0.242. The summed E-state index contributed by atoms with van der Waals surface area (Å²) in [6.45, 7) is 4.41. The van der Waals surface area contributed by atoms with Gasteiger partial charge in [-0.15, -0.1) is 0 Å². The van der Waals surface area contributed by atoms with E-state index >= 15 is 0 Å². The highest BCUT2D eigenvalue weighted by atomic mass is 16.4. The molecular weight excluding hydrogens is 224 g/mol. The second kappa shape index (κ2) is 7.89. The van der Waals surface area contributed by atoms with Gasteiger partial charge < -0.3 is 20.0 Å². The average molecular weight is 246 g/mol. The third kappa shape index (κ3) is 5.53. The number of carbonyl (C=O) groups excluding carboxylic acids is 1. The van der Waals surface area contributed by atoms with E-state index in [0.29, 0.717) is 6.54 Å². The first-order chi connectivity index (χ1) is 7.93. The summed E-state index contributed by atoms with van der Waals surface area (Å²) in [7, 11) is 1.57. The maximum atomic E-state index is 11.9. The third-order valence-corrected chi connectivity index (χ3v) is 2.43. The van der Waals surface area contributed by atoms with Crippen molar-refractivity contribution in [3.05, 3.63) is 0 Å². The number of hydrogen-bond acceptors (Lipinski definition) is 3. The Hall–Kier alpha value is -1.30. The molecule has 0 fully saturated rings. The smallest absolute Gasteiger partial charge is 0.319 e. The van der Waals surface area contributed by atoms with E-state index in [9.17, 15) is 9.59 Å². The average Bonchev–Trinajstić information content (AvgIpc) is 2.27. The maximum Gasteiger partial charge on any atom is 0.319 e. The van der Waals surface area contributed by atoms with E-state index in [2.05, 4.69) is 0 Å². The van der Waals surface area contributed by atoms with Crippen LogP contribution in [0.4, 0.5) is 4.79 Å². The van der Waals surface area contributed by atoms with Crippen molar-refractivity contribution >= 4 is 12.0 Å². The number of urea groups is 1. The number of aliphatic hydroxyl groups is 1. The van der Waals surface area contributed by atoms with Crippen LogP contribution in [0.15, 0.2) is 0 Å². The summed E-state index contributed by atoms with van der Waals surface area (Å²) in [5.74, 6) is -1.52. The first-order valence-corrected chi connectivity index (χ1v) is 5.77. The van der Waals surface area contributed by atoms with Crippen molar-refractivity contribution in [2.45, 2.75) is 20.3 Å². The molecule has 0 rings (SSSR count). The lowest BCUT2D eigenvalue weighted by atomic mass is 10.2. The molecule has 1 unspecified atom stereocenters. The van der Waals surface area contributed by atoms with Crippen molar-refractivity contribution in [3.63, 3.8) is 0 Å². The van der Waals surface area contributed by atoms with Crippen molar-refractivity contribution < 1.29 is 19.8 Å². The quantitative estimate of drug-likeness (QED) is 0.684. The molecular formula is C11H22N2O4. The second-order valence-electron chi connectivity index (χ2n) is 4.11. The van der Waals surface area contributed by atoms with E-state index in [1.807, 2.05) is 6.92 Å². The van der Waals surface area contributed by atoms with Crippen molar-refractivity contribution in [1.82, 2.24) is 9.80 Å². The van der Waals surface area contributed by atoms with Crippen molar-refractivity contribution in [1.29, 1.82) is 0 Å². The van der Waals surface area contributed by atoms with Crippen LogP contribution in [-0.4, -0.2) is 65.3 Å². The lowest BCUT2D eigenvalue weighted by Crippen LogP contribution is -2.45. The molecule has 0 aromatic heterocycles. The second-order valence-corrected chi connectivity index (χ2v) is 4.11. The molecule has 0 aliphatic rings. The molecule has 6 heteroatoms. The van der Waals surface area contributed by atoms with Gasteiger partial charge in [0.2, 0.25) is 0 Å². The fourth-order valence-electron chi connectivity index (χ4n) is 1.50. The Bertz CT molecular complexity index is 252. The summed E-state index contributed by atoms with van der Waals surface area (Å²) < 4.78 is 0. The number of rotatable bonds is 7. The number of aliphatic hydroxyl groups excluding tert-OH is 1. The SMILES string of the molecule is CCCN(CCO)C(=O)N(C)CC(C)C(=O)O. The lowest BCUT2D eigenvalue weighted by molar-refractivity contribution is -0.141. The van der Waals surface area contributed by atoms with E-state index in [0.717, 1.165) is 6.42 Å². The Kier molecular flexibility index (Phi) is 7.29. The molecule has 1 atom stereocenters. The number of aliphatic carboxylic acids is 1. The minimum Gasteiger partial charge on any atom is -0.481 e. The van der Waals surface area contributed by atoms with Crippen LogP contribution in [0.2, 0.25) is 0 Å². The van der Waals surface area contributed by atoms with Gasteiger partial charge in [0.25, 0.3) is 0 Å². The topological polar surface area (TPSA) is 81.1 Å². The molecule has 0 saturated carbocycles. The molecule has 0 aliphatic carbocycles. The van der Waals surface area contributed by atoms with E-state index in [4.69, 9.17) is 10.2 Å². The highest BCUT2D eigenvalue weighted by Crippen LogP contribution is 2.03. The molecule has 6 nitrogen and oxygen atoms in total. The van der Waals surface area contributed by atoms with E-state index in [1.54, 1.807) is 14.0 Å². The minimum atomic E-state index is -0.922. The summed E-state index contributed by atoms with van der Waals surface area (Å²) in [6.07, 6.45) is 0.800. The molecule has 0 aliphatic heterocycles. The van der Waals surface area contributed by atoms with E-state index in [-0.39, 0.29) is 25.7 Å². The molecule has 0 heterocycles. The summed E-state index contributed by atoms with van der Waals surface area (Å²) in [4.78, 5) is 25.5. The first kappa shape index (κ1) is 15.7. The predicted molar refractivity (Wildman–Crippen MR) is 63.8 cm³/mol. The van der Waals surface area contributed by atoms with Gasteiger partial charge in [-0.1, -0.05) is 13.8 Å². The van der Waals surface area contributed by atoms with Gasteiger partial charge in [0, 0.05) is 26.7 Å². The Morgan fingerprint density at radius 1 is 1.29 bits per heavy atom. The number of carboxylic acid groups (broad SMARTS) is 1. The molecule has 17 heavy (non-hydrogen) atoms.